The Bertz CT molecular complexity index is 1130. The summed E-state index contributed by atoms with van der Waals surface area (Å²) in [6.45, 7) is 7.19. The third-order valence-corrected chi connectivity index (χ3v) is 7.49. The Kier molecular flexibility index (Phi) is 7.54. The van der Waals surface area contributed by atoms with Crippen molar-refractivity contribution < 1.29 is 14.3 Å². The molecule has 1 saturated heterocycles. The normalized spacial score (nSPS) is 14.9. The molecule has 0 unspecified atom stereocenters. The Morgan fingerprint density at radius 3 is 2.73 bits per heavy atom. The number of likely N-dealkylation sites (N-methyl/N-ethyl adjacent to an activating group) is 1. The molecule has 0 atom stereocenters. The van der Waals surface area contributed by atoms with E-state index in [1.165, 1.54) is 35.3 Å². The largest absolute Gasteiger partial charge is 0.465 e. The van der Waals surface area contributed by atoms with Gasteiger partial charge in [0.1, 0.15) is 10.0 Å². The van der Waals surface area contributed by atoms with Gasteiger partial charge in [-0.1, -0.05) is 18.2 Å². The molecule has 7 nitrogen and oxygen atoms in total. The van der Waals surface area contributed by atoms with E-state index < -0.39 is 5.97 Å². The molecule has 0 aliphatic carbocycles. The third-order valence-electron chi connectivity index (χ3n) is 5.58. The number of aryl methyl sites for hydroxylation is 1. The van der Waals surface area contributed by atoms with Crippen LogP contribution < -0.4 is 5.32 Å². The van der Waals surface area contributed by atoms with Crippen molar-refractivity contribution in [3.63, 3.8) is 0 Å². The van der Waals surface area contributed by atoms with Crippen molar-refractivity contribution in [1.82, 2.24) is 14.8 Å². The first-order chi connectivity index (χ1) is 15.9. The summed E-state index contributed by atoms with van der Waals surface area (Å²) in [5, 5.41) is 6.17. The number of anilines is 1. The highest BCUT2D eigenvalue weighted by Crippen LogP contribution is 2.29. The summed E-state index contributed by atoms with van der Waals surface area (Å²) in [6, 6.07) is 10.2. The molecule has 1 N–H and O–H groups in total. The number of ether oxygens (including phenoxy) is 1. The van der Waals surface area contributed by atoms with Crippen molar-refractivity contribution in [2.45, 2.75) is 19.9 Å². The Hall–Kier alpha value is -2.59. The minimum atomic E-state index is -0.456. The fourth-order valence-electron chi connectivity index (χ4n) is 3.79. The van der Waals surface area contributed by atoms with Crippen LogP contribution in [-0.4, -0.2) is 67.0 Å². The molecule has 33 heavy (non-hydrogen) atoms. The van der Waals surface area contributed by atoms with E-state index in [9.17, 15) is 9.59 Å². The summed E-state index contributed by atoms with van der Waals surface area (Å²) in [4.78, 5) is 35.0. The second kappa shape index (κ2) is 10.6. The molecule has 0 bridgehead atoms. The zero-order valence-electron chi connectivity index (χ0n) is 19.1. The van der Waals surface area contributed by atoms with Gasteiger partial charge in [-0.15, -0.1) is 22.7 Å². The van der Waals surface area contributed by atoms with E-state index in [0.717, 1.165) is 48.2 Å². The van der Waals surface area contributed by atoms with Crippen LogP contribution >= 0.6 is 22.7 Å². The molecule has 1 amide bonds. The molecule has 2 aromatic heterocycles. The Labute approximate surface area is 202 Å². The first kappa shape index (κ1) is 23.6. The number of nitrogens with zero attached hydrogens (tertiary/aromatic N) is 3. The Morgan fingerprint density at radius 1 is 1.18 bits per heavy atom. The standard InChI is InChI=1S/C24H28N4O3S2/c1-16-11-20(24(30)31-3)23(33-16)26-21(29)13-19-15-32-22(25-19)18-6-4-5-17(12-18)14-28-9-7-27(2)8-10-28/h4-6,11-12,15H,7-10,13-14H2,1-3H3,(H,26,29). The lowest BCUT2D eigenvalue weighted by Crippen LogP contribution is -2.43. The highest BCUT2D eigenvalue weighted by atomic mass is 32.1. The summed E-state index contributed by atoms with van der Waals surface area (Å²) in [7, 11) is 3.50. The topological polar surface area (TPSA) is 74.8 Å². The van der Waals surface area contributed by atoms with Crippen LogP contribution in [-0.2, 0) is 22.5 Å². The highest BCUT2D eigenvalue weighted by Gasteiger charge is 2.18. The number of aromatic nitrogens is 1. The Morgan fingerprint density at radius 2 is 1.97 bits per heavy atom. The number of rotatable bonds is 7. The molecule has 4 rings (SSSR count). The minimum Gasteiger partial charge on any atom is -0.465 e. The molecule has 0 radical (unpaired) electrons. The van der Waals surface area contributed by atoms with Gasteiger partial charge in [0.25, 0.3) is 0 Å². The number of methoxy groups -OCH3 is 1. The number of nitrogens with one attached hydrogen (secondary N) is 1. The summed E-state index contributed by atoms with van der Waals surface area (Å²) in [5.74, 6) is -0.662. The average molecular weight is 485 g/mol. The molecule has 1 fully saturated rings. The minimum absolute atomic E-state index is 0.148. The predicted octanol–water partition coefficient (Wildman–Crippen LogP) is 3.90. The highest BCUT2D eigenvalue weighted by molar-refractivity contribution is 7.16. The second-order valence-corrected chi connectivity index (χ2v) is 10.4. The number of carbonyl (C=O) groups is 2. The van der Waals surface area contributed by atoms with Crippen molar-refractivity contribution in [2.24, 2.45) is 0 Å². The van der Waals surface area contributed by atoms with Crippen LogP contribution in [0.5, 0.6) is 0 Å². The van der Waals surface area contributed by atoms with Gasteiger partial charge in [-0.25, -0.2) is 9.78 Å². The molecule has 0 spiro atoms. The van der Waals surface area contributed by atoms with E-state index in [1.807, 2.05) is 12.3 Å². The maximum Gasteiger partial charge on any atom is 0.340 e. The van der Waals surface area contributed by atoms with E-state index in [-0.39, 0.29) is 12.3 Å². The fraction of sp³-hybridized carbons (Fsp3) is 0.375. The van der Waals surface area contributed by atoms with Crippen LogP contribution in [0.2, 0.25) is 0 Å². The first-order valence-electron chi connectivity index (χ1n) is 10.8. The number of esters is 1. The number of hydrogen-bond acceptors (Lipinski definition) is 8. The molecule has 1 aliphatic heterocycles. The smallest absolute Gasteiger partial charge is 0.340 e. The van der Waals surface area contributed by atoms with Crippen molar-refractivity contribution >= 4 is 39.6 Å². The maximum atomic E-state index is 12.6. The quantitative estimate of drug-likeness (QED) is 0.513. The number of carbonyl (C=O) groups excluding carboxylic acids is 2. The van der Waals surface area contributed by atoms with Gasteiger partial charge in [0.15, 0.2) is 0 Å². The van der Waals surface area contributed by atoms with Gasteiger partial charge in [0.05, 0.1) is 24.8 Å². The number of hydrogen-bond donors (Lipinski definition) is 1. The van der Waals surface area contributed by atoms with Gasteiger partial charge in [0, 0.05) is 48.5 Å². The van der Waals surface area contributed by atoms with E-state index >= 15 is 0 Å². The van der Waals surface area contributed by atoms with Crippen LogP contribution in [0, 0.1) is 6.92 Å². The van der Waals surface area contributed by atoms with Gasteiger partial charge in [-0.05, 0) is 31.7 Å². The number of amides is 1. The molecule has 174 valence electrons. The van der Waals surface area contributed by atoms with Crippen LogP contribution in [0.15, 0.2) is 35.7 Å². The van der Waals surface area contributed by atoms with Crippen LogP contribution in [0.1, 0.15) is 26.5 Å². The first-order valence-corrected chi connectivity index (χ1v) is 12.5. The molecule has 9 heteroatoms. The van der Waals surface area contributed by atoms with Crippen molar-refractivity contribution in [3.8, 4) is 10.6 Å². The van der Waals surface area contributed by atoms with Gasteiger partial charge in [0.2, 0.25) is 5.91 Å². The monoisotopic (exact) mass is 484 g/mol. The lowest BCUT2D eigenvalue weighted by molar-refractivity contribution is -0.115. The fourth-order valence-corrected chi connectivity index (χ4v) is 5.52. The number of thiazole rings is 1. The molecular weight excluding hydrogens is 456 g/mol. The van der Waals surface area contributed by atoms with Crippen LogP contribution in [0.3, 0.4) is 0 Å². The number of thiophene rings is 1. The van der Waals surface area contributed by atoms with Gasteiger partial charge in [-0.2, -0.15) is 0 Å². The lowest BCUT2D eigenvalue weighted by atomic mass is 10.1. The summed E-state index contributed by atoms with van der Waals surface area (Å²) >= 11 is 2.90. The van der Waals surface area contributed by atoms with Gasteiger partial charge < -0.3 is 15.0 Å². The van der Waals surface area contributed by atoms with Gasteiger partial charge in [-0.3, -0.25) is 9.69 Å². The molecular formula is C24H28N4O3S2. The zero-order chi connectivity index (χ0) is 23.4. The predicted molar refractivity (Wildman–Crippen MR) is 133 cm³/mol. The van der Waals surface area contributed by atoms with E-state index in [4.69, 9.17) is 4.74 Å². The van der Waals surface area contributed by atoms with Crippen LogP contribution in [0.4, 0.5) is 5.00 Å². The van der Waals surface area contributed by atoms with E-state index in [0.29, 0.717) is 16.3 Å². The summed E-state index contributed by atoms with van der Waals surface area (Å²) in [6.07, 6.45) is 0.148. The number of piperazine rings is 1. The lowest BCUT2D eigenvalue weighted by Gasteiger charge is -2.32. The Balaban J connectivity index is 1.39. The zero-order valence-corrected chi connectivity index (χ0v) is 20.7. The SMILES string of the molecule is COC(=O)c1cc(C)sc1NC(=O)Cc1csc(-c2cccc(CN3CCN(C)CC3)c2)n1. The third kappa shape index (κ3) is 6.05. The summed E-state index contributed by atoms with van der Waals surface area (Å²) in [5.41, 5.74) is 3.43. The van der Waals surface area contributed by atoms with E-state index in [1.54, 1.807) is 6.07 Å². The maximum absolute atomic E-state index is 12.6. The number of benzene rings is 1. The average Bonchev–Trinajstić information content (AvgIpc) is 3.41. The molecule has 1 aromatic carbocycles. The second-order valence-electron chi connectivity index (χ2n) is 8.24. The van der Waals surface area contributed by atoms with Gasteiger partial charge >= 0.3 is 5.97 Å². The molecule has 3 heterocycles. The van der Waals surface area contributed by atoms with Crippen molar-refractivity contribution in [3.05, 3.63) is 57.4 Å². The van der Waals surface area contributed by atoms with E-state index in [2.05, 4.69) is 51.4 Å². The molecule has 1 aliphatic rings. The molecule has 0 saturated carbocycles. The van der Waals surface area contributed by atoms with Crippen molar-refractivity contribution in [1.29, 1.82) is 0 Å². The van der Waals surface area contributed by atoms with Crippen molar-refractivity contribution in [2.75, 3.05) is 45.7 Å². The molecule has 3 aromatic rings. The summed E-state index contributed by atoms with van der Waals surface area (Å²) < 4.78 is 4.81. The van der Waals surface area contributed by atoms with Crippen LogP contribution in [0.25, 0.3) is 10.6 Å².